The minimum Gasteiger partial charge on any atom is -0.506 e. The first kappa shape index (κ1) is 12.3. The number of phenols is 1. The molecule has 3 nitrogen and oxygen atoms in total. The Bertz CT molecular complexity index is 362. The van der Waals surface area contributed by atoms with E-state index < -0.39 is 6.04 Å². The van der Waals surface area contributed by atoms with Crippen LogP contribution in [-0.4, -0.2) is 16.8 Å². The van der Waals surface area contributed by atoms with Gasteiger partial charge in [-0.05, 0) is 43.0 Å². The Balaban J connectivity index is 3.52. The average Bonchev–Trinajstić information content (AvgIpc) is 2.23. The molecule has 4 heteroatoms. The Hall–Kier alpha value is -0.770. The van der Waals surface area contributed by atoms with Crippen molar-refractivity contribution in [2.75, 3.05) is 6.61 Å². The molecule has 0 aliphatic carbocycles. The zero-order valence-corrected chi connectivity index (χ0v) is 9.89. The first-order valence-electron chi connectivity index (χ1n) is 4.76. The van der Waals surface area contributed by atoms with Crippen molar-refractivity contribution in [1.29, 1.82) is 0 Å². The summed E-state index contributed by atoms with van der Waals surface area (Å²) in [6.07, 6.45) is 0. The van der Waals surface area contributed by atoms with Crippen LogP contribution in [0.25, 0.3) is 0 Å². The highest BCUT2D eigenvalue weighted by Gasteiger charge is 2.19. The Labute approximate surface area is 94.5 Å². The van der Waals surface area contributed by atoms with Gasteiger partial charge in [0.05, 0.1) is 17.7 Å². The molecule has 0 radical (unpaired) electrons. The number of aliphatic hydroxyl groups is 1. The monoisotopic (exact) mass is 229 g/mol. The molecule has 1 aromatic rings. The van der Waals surface area contributed by atoms with Gasteiger partial charge >= 0.3 is 0 Å². The minimum absolute atomic E-state index is 0.0977. The van der Waals surface area contributed by atoms with Crippen LogP contribution in [-0.2, 0) is 0 Å². The lowest BCUT2D eigenvalue weighted by Gasteiger charge is -2.19. The Morgan fingerprint density at radius 3 is 2.20 bits per heavy atom. The maximum absolute atomic E-state index is 9.71. The summed E-state index contributed by atoms with van der Waals surface area (Å²) in [6.45, 7) is 5.30. The number of nitrogens with two attached hydrogens (primary N) is 1. The number of benzene rings is 1. The fourth-order valence-electron chi connectivity index (χ4n) is 1.77. The molecule has 0 heterocycles. The van der Waals surface area contributed by atoms with Crippen molar-refractivity contribution in [2.45, 2.75) is 26.8 Å². The molecule has 0 bridgehead atoms. The largest absolute Gasteiger partial charge is 0.506 e. The Kier molecular flexibility index (Phi) is 3.60. The number of halogens is 1. The van der Waals surface area contributed by atoms with E-state index in [2.05, 4.69) is 0 Å². The number of phenolic OH excluding ortho intramolecular Hbond substituents is 1. The van der Waals surface area contributed by atoms with Gasteiger partial charge < -0.3 is 15.9 Å². The smallest absolute Gasteiger partial charge is 0.137 e. The number of rotatable bonds is 2. The standard InChI is InChI=1S/C11H16ClNO2/c1-5-6(2)11(15)10(12)7(3)9(5)8(13)4-14/h8,14-15H,4,13H2,1-3H3. The summed E-state index contributed by atoms with van der Waals surface area (Å²) in [4.78, 5) is 0. The predicted molar refractivity (Wildman–Crippen MR) is 61.3 cm³/mol. The average molecular weight is 230 g/mol. The fraction of sp³-hybridized carbons (Fsp3) is 0.455. The quantitative estimate of drug-likeness (QED) is 0.726. The van der Waals surface area contributed by atoms with Crippen LogP contribution in [0.2, 0.25) is 5.02 Å². The summed E-state index contributed by atoms with van der Waals surface area (Å²) in [5.41, 5.74) is 8.94. The number of aliphatic hydroxyl groups excluding tert-OH is 1. The highest BCUT2D eigenvalue weighted by Crippen LogP contribution is 2.37. The molecule has 1 aromatic carbocycles. The van der Waals surface area contributed by atoms with Gasteiger partial charge in [0.1, 0.15) is 5.75 Å². The number of hydrogen-bond donors (Lipinski definition) is 3. The summed E-state index contributed by atoms with van der Waals surface area (Å²) in [7, 11) is 0. The van der Waals surface area contributed by atoms with E-state index in [1.165, 1.54) is 0 Å². The van der Waals surface area contributed by atoms with Gasteiger partial charge in [-0.1, -0.05) is 11.6 Å². The maximum Gasteiger partial charge on any atom is 0.137 e. The predicted octanol–water partition coefficient (Wildman–Crippen LogP) is 1.96. The van der Waals surface area contributed by atoms with Crippen LogP contribution in [0.3, 0.4) is 0 Å². The molecule has 4 N–H and O–H groups in total. The molecule has 0 fully saturated rings. The first-order valence-corrected chi connectivity index (χ1v) is 5.14. The summed E-state index contributed by atoms with van der Waals surface area (Å²) >= 11 is 5.97. The Morgan fingerprint density at radius 1 is 1.20 bits per heavy atom. The summed E-state index contributed by atoms with van der Waals surface area (Å²) < 4.78 is 0. The molecule has 0 saturated carbocycles. The SMILES string of the molecule is Cc1c(C)c(C(N)CO)c(C)c(Cl)c1O. The molecule has 0 aliphatic rings. The molecule has 1 rings (SSSR count). The zero-order chi connectivity index (χ0) is 11.7. The van der Waals surface area contributed by atoms with Gasteiger partial charge in [-0.3, -0.25) is 0 Å². The van der Waals surface area contributed by atoms with E-state index in [1.807, 2.05) is 6.92 Å². The molecule has 1 unspecified atom stereocenters. The van der Waals surface area contributed by atoms with E-state index in [-0.39, 0.29) is 12.4 Å². The molecule has 15 heavy (non-hydrogen) atoms. The van der Waals surface area contributed by atoms with Gasteiger partial charge in [0.25, 0.3) is 0 Å². The van der Waals surface area contributed by atoms with Crippen molar-refractivity contribution in [3.63, 3.8) is 0 Å². The van der Waals surface area contributed by atoms with Crippen LogP contribution in [0.15, 0.2) is 0 Å². The molecular formula is C11H16ClNO2. The van der Waals surface area contributed by atoms with Crippen molar-refractivity contribution < 1.29 is 10.2 Å². The summed E-state index contributed by atoms with van der Waals surface area (Å²) in [5.74, 6) is 0.0977. The zero-order valence-electron chi connectivity index (χ0n) is 9.13. The van der Waals surface area contributed by atoms with E-state index in [4.69, 9.17) is 22.4 Å². The molecule has 0 spiro atoms. The van der Waals surface area contributed by atoms with Crippen molar-refractivity contribution >= 4 is 11.6 Å². The lowest BCUT2D eigenvalue weighted by molar-refractivity contribution is 0.267. The van der Waals surface area contributed by atoms with Crippen LogP contribution in [0, 0.1) is 20.8 Å². The lowest BCUT2D eigenvalue weighted by atomic mass is 9.93. The van der Waals surface area contributed by atoms with Crippen molar-refractivity contribution in [3.05, 3.63) is 27.3 Å². The van der Waals surface area contributed by atoms with Crippen LogP contribution in [0.1, 0.15) is 28.3 Å². The normalized spacial score (nSPS) is 12.9. The van der Waals surface area contributed by atoms with E-state index in [9.17, 15) is 5.11 Å². The third-order valence-electron chi connectivity index (χ3n) is 2.83. The highest BCUT2D eigenvalue weighted by atomic mass is 35.5. The van der Waals surface area contributed by atoms with Crippen LogP contribution < -0.4 is 5.73 Å². The third kappa shape index (κ3) is 1.95. The molecule has 0 aliphatic heterocycles. The molecule has 0 saturated heterocycles. The van der Waals surface area contributed by atoms with Crippen LogP contribution >= 0.6 is 11.6 Å². The van der Waals surface area contributed by atoms with Gasteiger partial charge in [0.15, 0.2) is 0 Å². The molecule has 1 atom stereocenters. The summed E-state index contributed by atoms with van der Waals surface area (Å²) in [6, 6.07) is -0.457. The second-order valence-electron chi connectivity index (χ2n) is 3.74. The number of aromatic hydroxyl groups is 1. The van der Waals surface area contributed by atoms with Crippen molar-refractivity contribution in [3.8, 4) is 5.75 Å². The van der Waals surface area contributed by atoms with Gasteiger partial charge in [0.2, 0.25) is 0 Å². The van der Waals surface area contributed by atoms with E-state index in [1.54, 1.807) is 13.8 Å². The van der Waals surface area contributed by atoms with Crippen molar-refractivity contribution in [1.82, 2.24) is 0 Å². The first-order chi connectivity index (χ1) is 6.91. The van der Waals surface area contributed by atoms with E-state index >= 15 is 0 Å². The van der Waals surface area contributed by atoms with Gasteiger partial charge in [0, 0.05) is 0 Å². The second-order valence-corrected chi connectivity index (χ2v) is 4.12. The van der Waals surface area contributed by atoms with Crippen LogP contribution in [0.4, 0.5) is 0 Å². The van der Waals surface area contributed by atoms with E-state index in [0.717, 1.165) is 16.7 Å². The maximum atomic E-state index is 9.71. The molecule has 84 valence electrons. The summed E-state index contributed by atoms with van der Waals surface area (Å²) in [5, 5.41) is 19.1. The van der Waals surface area contributed by atoms with E-state index in [0.29, 0.717) is 10.6 Å². The van der Waals surface area contributed by atoms with Gasteiger partial charge in [-0.15, -0.1) is 0 Å². The van der Waals surface area contributed by atoms with Crippen LogP contribution in [0.5, 0.6) is 5.75 Å². The molecule has 0 aromatic heterocycles. The van der Waals surface area contributed by atoms with Crippen molar-refractivity contribution in [2.24, 2.45) is 5.73 Å². The Morgan fingerprint density at radius 2 is 1.73 bits per heavy atom. The molecule has 0 amide bonds. The third-order valence-corrected chi connectivity index (χ3v) is 3.29. The fourth-order valence-corrected chi connectivity index (χ4v) is 2.01. The van der Waals surface area contributed by atoms with Gasteiger partial charge in [-0.2, -0.15) is 0 Å². The minimum atomic E-state index is -0.457. The second kappa shape index (κ2) is 4.39. The molecular weight excluding hydrogens is 214 g/mol. The van der Waals surface area contributed by atoms with Gasteiger partial charge in [-0.25, -0.2) is 0 Å². The topological polar surface area (TPSA) is 66.5 Å². The number of hydrogen-bond acceptors (Lipinski definition) is 3. The lowest BCUT2D eigenvalue weighted by Crippen LogP contribution is -2.18. The highest BCUT2D eigenvalue weighted by molar-refractivity contribution is 6.33.